The molecule has 0 aliphatic carbocycles. The molecule has 0 saturated carbocycles. The Morgan fingerprint density at radius 3 is 2.71 bits per heavy atom. The molecule has 1 rings (SSSR count). The number of carbonyl (C=O) groups excluding carboxylic acids is 1. The van der Waals surface area contributed by atoms with E-state index in [1.165, 1.54) is 0 Å². The van der Waals surface area contributed by atoms with Crippen molar-refractivity contribution in [2.45, 2.75) is 32.7 Å². The first-order valence-corrected chi connectivity index (χ1v) is 6.17. The van der Waals surface area contributed by atoms with Gasteiger partial charge in [-0.05, 0) is 25.8 Å². The molecule has 0 aromatic heterocycles. The number of piperidine rings is 1. The molecule has 1 saturated heterocycles. The van der Waals surface area contributed by atoms with Crippen molar-refractivity contribution in [3.63, 3.8) is 0 Å². The maximum absolute atomic E-state index is 12.2. The van der Waals surface area contributed by atoms with Crippen LogP contribution in [0.1, 0.15) is 26.7 Å². The smallest absolute Gasteiger partial charge is 0.326 e. The lowest BCUT2D eigenvalue weighted by Crippen LogP contribution is -2.54. The van der Waals surface area contributed by atoms with E-state index in [-0.39, 0.29) is 17.7 Å². The molecule has 1 amide bonds. The predicted molar refractivity (Wildman–Crippen MR) is 64.6 cm³/mol. The summed E-state index contributed by atoms with van der Waals surface area (Å²) in [7, 11) is 1.79. The molecule has 1 aliphatic heterocycles. The van der Waals surface area contributed by atoms with Crippen molar-refractivity contribution in [1.29, 1.82) is 0 Å². The zero-order valence-corrected chi connectivity index (χ0v) is 10.8. The molecule has 0 radical (unpaired) electrons. The fourth-order valence-electron chi connectivity index (χ4n) is 2.49. The van der Waals surface area contributed by atoms with Gasteiger partial charge < -0.3 is 15.3 Å². The van der Waals surface area contributed by atoms with Crippen LogP contribution in [0.25, 0.3) is 0 Å². The maximum Gasteiger partial charge on any atom is 0.326 e. The largest absolute Gasteiger partial charge is 0.480 e. The lowest BCUT2D eigenvalue weighted by molar-refractivity contribution is -0.156. The summed E-state index contributed by atoms with van der Waals surface area (Å²) in [6.45, 7) is 4.88. The number of hydrogen-bond acceptors (Lipinski definition) is 3. The Balaban J connectivity index is 2.78. The molecule has 3 atom stereocenters. The third-order valence-corrected chi connectivity index (χ3v) is 3.40. The molecule has 0 aromatic rings. The molecule has 1 heterocycles. The molecule has 0 bridgehead atoms. The minimum Gasteiger partial charge on any atom is -0.480 e. The van der Waals surface area contributed by atoms with Crippen LogP contribution in [0.15, 0.2) is 0 Å². The van der Waals surface area contributed by atoms with E-state index in [1.54, 1.807) is 11.9 Å². The highest BCUT2D eigenvalue weighted by Crippen LogP contribution is 2.24. The summed E-state index contributed by atoms with van der Waals surface area (Å²) in [5.41, 5.74) is 0. The molecular weight excluding hydrogens is 220 g/mol. The average Bonchev–Trinajstić information content (AvgIpc) is 2.27. The van der Waals surface area contributed by atoms with Crippen molar-refractivity contribution in [2.24, 2.45) is 11.8 Å². The number of nitrogens with zero attached hydrogens (tertiary/aromatic N) is 1. The van der Waals surface area contributed by atoms with Crippen LogP contribution >= 0.6 is 0 Å². The second-order valence-corrected chi connectivity index (χ2v) is 4.89. The molecule has 2 N–H and O–H groups in total. The van der Waals surface area contributed by atoms with Crippen molar-refractivity contribution in [3.8, 4) is 0 Å². The zero-order valence-electron chi connectivity index (χ0n) is 10.8. The highest BCUT2D eigenvalue weighted by molar-refractivity contribution is 5.85. The lowest BCUT2D eigenvalue weighted by Gasteiger charge is -2.38. The van der Waals surface area contributed by atoms with E-state index in [1.807, 2.05) is 13.8 Å². The van der Waals surface area contributed by atoms with Crippen LogP contribution in [-0.4, -0.2) is 48.1 Å². The van der Waals surface area contributed by atoms with Crippen LogP contribution in [0.3, 0.4) is 0 Å². The SMILES string of the molecule is CNCC(C)C(=O)N1CCCC(C)C1C(=O)O. The van der Waals surface area contributed by atoms with E-state index in [0.29, 0.717) is 13.1 Å². The molecule has 5 nitrogen and oxygen atoms in total. The van der Waals surface area contributed by atoms with Gasteiger partial charge in [0.2, 0.25) is 5.91 Å². The molecule has 0 aromatic carbocycles. The standard InChI is InChI=1S/C12H22N2O3/c1-8-5-4-6-14(10(8)12(16)17)11(15)9(2)7-13-3/h8-10,13H,4-7H2,1-3H3,(H,16,17). The highest BCUT2D eigenvalue weighted by Gasteiger charge is 2.38. The topological polar surface area (TPSA) is 69.6 Å². The van der Waals surface area contributed by atoms with E-state index in [0.717, 1.165) is 12.8 Å². The molecular formula is C12H22N2O3. The molecule has 98 valence electrons. The Labute approximate surface area is 102 Å². The third-order valence-electron chi connectivity index (χ3n) is 3.40. The van der Waals surface area contributed by atoms with Crippen LogP contribution in [0.2, 0.25) is 0 Å². The number of likely N-dealkylation sites (tertiary alicyclic amines) is 1. The Kier molecular flexibility index (Phi) is 4.93. The van der Waals surface area contributed by atoms with E-state index in [2.05, 4.69) is 5.32 Å². The van der Waals surface area contributed by atoms with Crippen molar-refractivity contribution >= 4 is 11.9 Å². The van der Waals surface area contributed by atoms with Gasteiger partial charge in [0.05, 0.1) is 0 Å². The molecule has 5 heteroatoms. The summed E-state index contributed by atoms with van der Waals surface area (Å²) in [6.07, 6.45) is 1.77. The number of rotatable bonds is 4. The van der Waals surface area contributed by atoms with Gasteiger partial charge in [-0.2, -0.15) is 0 Å². The van der Waals surface area contributed by atoms with Gasteiger partial charge in [0, 0.05) is 19.0 Å². The number of aliphatic carboxylic acids is 1. The van der Waals surface area contributed by atoms with Crippen LogP contribution in [-0.2, 0) is 9.59 Å². The molecule has 17 heavy (non-hydrogen) atoms. The highest BCUT2D eigenvalue weighted by atomic mass is 16.4. The number of carboxylic acid groups (broad SMARTS) is 1. The number of nitrogens with one attached hydrogen (secondary N) is 1. The van der Waals surface area contributed by atoms with E-state index < -0.39 is 12.0 Å². The quantitative estimate of drug-likeness (QED) is 0.755. The van der Waals surface area contributed by atoms with Crippen molar-refractivity contribution in [1.82, 2.24) is 10.2 Å². The van der Waals surface area contributed by atoms with Gasteiger partial charge in [-0.25, -0.2) is 4.79 Å². The Bertz CT molecular complexity index is 293. The molecule has 1 fully saturated rings. The van der Waals surface area contributed by atoms with Crippen LogP contribution < -0.4 is 5.32 Å². The predicted octanol–water partition coefficient (Wildman–Crippen LogP) is 0.554. The van der Waals surface area contributed by atoms with E-state index in [9.17, 15) is 14.7 Å². The number of amides is 1. The van der Waals surface area contributed by atoms with Gasteiger partial charge in [-0.1, -0.05) is 13.8 Å². The number of hydrogen-bond donors (Lipinski definition) is 2. The summed E-state index contributed by atoms with van der Waals surface area (Å²) in [4.78, 5) is 25.0. The van der Waals surface area contributed by atoms with Crippen LogP contribution in [0, 0.1) is 11.8 Å². The normalized spacial score (nSPS) is 26.6. The molecule has 1 aliphatic rings. The number of carbonyl (C=O) groups is 2. The Hall–Kier alpha value is -1.10. The number of carboxylic acids is 1. The van der Waals surface area contributed by atoms with Gasteiger partial charge in [0.1, 0.15) is 6.04 Å². The first-order valence-electron chi connectivity index (χ1n) is 6.17. The summed E-state index contributed by atoms with van der Waals surface area (Å²) >= 11 is 0. The third kappa shape index (κ3) is 3.19. The van der Waals surface area contributed by atoms with Crippen molar-refractivity contribution in [3.05, 3.63) is 0 Å². The van der Waals surface area contributed by atoms with Gasteiger partial charge in [-0.3, -0.25) is 4.79 Å². The first-order chi connectivity index (χ1) is 7.99. The second-order valence-electron chi connectivity index (χ2n) is 4.89. The Morgan fingerprint density at radius 2 is 2.18 bits per heavy atom. The summed E-state index contributed by atoms with van der Waals surface area (Å²) in [5, 5.41) is 12.2. The van der Waals surface area contributed by atoms with E-state index >= 15 is 0 Å². The van der Waals surface area contributed by atoms with Gasteiger partial charge in [0.15, 0.2) is 0 Å². The molecule has 3 unspecified atom stereocenters. The Morgan fingerprint density at radius 1 is 1.53 bits per heavy atom. The van der Waals surface area contributed by atoms with Crippen molar-refractivity contribution < 1.29 is 14.7 Å². The summed E-state index contributed by atoms with van der Waals surface area (Å²) in [6, 6.07) is -0.657. The minimum absolute atomic E-state index is 0.0342. The van der Waals surface area contributed by atoms with Gasteiger partial charge in [-0.15, -0.1) is 0 Å². The lowest BCUT2D eigenvalue weighted by atomic mass is 9.90. The van der Waals surface area contributed by atoms with Crippen molar-refractivity contribution in [2.75, 3.05) is 20.1 Å². The average molecular weight is 242 g/mol. The van der Waals surface area contributed by atoms with Gasteiger partial charge in [0.25, 0.3) is 0 Å². The zero-order chi connectivity index (χ0) is 13.0. The van der Waals surface area contributed by atoms with Crippen LogP contribution in [0.4, 0.5) is 0 Å². The van der Waals surface area contributed by atoms with E-state index in [4.69, 9.17) is 0 Å². The monoisotopic (exact) mass is 242 g/mol. The fraction of sp³-hybridized carbons (Fsp3) is 0.833. The van der Waals surface area contributed by atoms with Gasteiger partial charge >= 0.3 is 5.97 Å². The maximum atomic E-state index is 12.2. The summed E-state index contributed by atoms with van der Waals surface area (Å²) < 4.78 is 0. The van der Waals surface area contributed by atoms with Crippen LogP contribution in [0.5, 0.6) is 0 Å². The second kappa shape index (κ2) is 6.00. The fourth-order valence-corrected chi connectivity index (χ4v) is 2.49. The first kappa shape index (κ1) is 14.0. The molecule has 0 spiro atoms. The summed E-state index contributed by atoms with van der Waals surface area (Å²) in [5.74, 6) is -1.08. The minimum atomic E-state index is -0.887.